The molecular weight excluding hydrogens is 414 g/mol. The number of rotatable bonds is 4. The molecule has 8 heteroatoms. The van der Waals surface area contributed by atoms with Gasteiger partial charge in [-0.2, -0.15) is 0 Å². The third-order valence-electron chi connectivity index (χ3n) is 5.66. The normalized spacial score (nSPS) is 16.2. The topological polar surface area (TPSA) is 76.5 Å². The maximum Gasteiger partial charge on any atom is 0.259 e. The molecule has 0 saturated carbocycles. The quantitative estimate of drug-likeness (QED) is 0.476. The van der Waals surface area contributed by atoms with Gasteiger partial charge in [-0.15, -0.1) is 21.5 Å². The van der Waals surface area contributed by atoms with Crippen LogP contribution in [0.1, 0.15) is 35.2 Å². The van der Waals surface area contributed by atoms with Crippen LogP contribution in [0.25, 0.3) is 21.6 Å². The number of thioether (sulfide) groups is 1. The Morgan fingerprint density at radius 1 is 1.33 bits per heavy atom. The molecule has 0 unspecified atom stereocenters. The number of nitrogens with one attached hydrogen (secondary N) is 1. The molecule has 1 N–H and O–H groups in total. The second kappa shape index (κ2) is 7.67. The second-order valence-electron chi connectivity index (χ2n) is 8.07. The van der Waals surface area contributed by atoms with Gasteiger partial charge in [0.25, 0.3) is 5.56 Å². The highest BCUT2D eigenvalue weighted by molar-refractivity contribution is 7.98. The molecule has 0 saturated heterocycles. The van der Waals surface area contributed by atoms with Crippen molar-refractivity contribution >= 4 is 33.3 Å². The minimum absolute atomic E-state index is 0.0129. The Morgan fingerprint density at radius 3 is 3.03 bits per heavy atom. The van der Waals surface area contributed by atoms with Crippen molar-refractivity contribution in [3.8, 4) is 11.4 Å². The van der Waals surface area contributed by atoms with Crippen molar-refractivity contribution in [2.75, 3.05) is 0 Å². The van der Waals surface area contributed by atoms with Crippen molar-refractivity contribution in [3.05, 3.63) is 56.4 Å². The number of hydrogen-bond donors (Lipinski definition) is 1. The molecule has 3 aromatic heterocycles. The molecule has 1 aromatic carbocycles. The molecule has 30 heavy (non-hydrogen) atoms. The molecule has 0 amide bonds. The fourth-order valence-corrected chi connectivity index (χ4v) is 6.25. The third-order valence-corrected chi connectivity index (χ3v) is 7.84. The lowest BCUT2D eigenvalue weighted by molar-refractivity contribution is 0.509. The van der Waals surface area contributed by atoms with Gasteiger partial charge >= 0.3 is 0 Å². The average molecular weight is 438 g/mol. The standard InChI is InChI=1S/C22H23N5OS2/c1-12-5-4-6-14(9-12)19-25-26-22(27(19)3)29-11-17-23-20(28)18-15-8-7-13(2)10-16(15)30-21(18)24-17/h4-6,9,13H,7-8,10-11H2,1-3H3,(H,23,24,28)/t13-/m1/s1. The van der Waals surface area contributed by atoms with Crippen LogP contribution >= 0.6 is 23.1 Å². The van der Waals surface area contributed by atoms with E-state index in [-0.39, 0.29) is 5.56 Å². The first kappa shape index (κ1) is 19.5. The van der Waals surface area contributed by atoms with Gasteiger partial charge in [-0.05, 0) is 43.7 Å². The van der Waals surface area contributed by atoms with Crippen molar-refractivity contribution < 1.29 is 0 Å². The summed E-state index contributed by atoms with van der Waals surface area (Å²) in [5.74, 6) is 2.74. The Morgan fingerprint density at radius 2 is 2.20 bits per heavy atom. The molecule has 4 aromatic rings. The van der Waals surface area contributed by atoms with Crippen LogP contribution in [0, 0.1) is 12.8 Å². The van der Waals surface area contributed by atoms with E-state index >= 15 is 0 Å². The zero-order chi connectivity index (χ0) is 20.8. The van der Waals surface area contributed by atoms with Gasteiger partial charge < -0.3 is 9.55 Å². The van der Waals surface area contributed by atoms with E-state index in [0.29, 0.717) is 17.5 Å². The number of aromatic amines is 1. The van der Waals surface area contributed by atoms with Gasteiger partial charge in [-0.25, -0.2) is 4.98 Å². The molecule has 0 fully saturated rings. The summed E-state index contributed by atoms with van der Waals surface area (Å²) in [6.45, 7) is 4.34. The predicted molar refractivity (Wildman–Crippen MR) is 122 cm³/mol. The van der Waals surface area contributed by atoms with Gasteiger partial charge in [0.1, 0.15) is 10.7 Å². The minimum atomic E-state index is -0.0129. The van der Waals surface area contributed by atoms with E-state index in [2.05, 4.69) is 41.2 Å². The minimum Gasteiger partial charge on any atom is -0.309 e. The summed E-state index contributed by atoms with van der Waals surface area (Å²) in [7, 11) is 1.97. The van der Waals surface area contributed by atoms with Crippen LogP contribution in [0.2, 0.25) is 0 Å². The molecule has 1 atom stereocenters. The number of hydrogen-bond acceptors (Lipinski definition) is 6. The Hall–Kier alpha value is -2.45. The lowest BCUT2D eigenvalue weighted by Gasteiger charge is -2.17. The number of benzene rings is 1. The number of H-pyrrole nitrogens is 1. The molecule has 1 aliphatic rings. The number of aryl methyl sites for hydroxylation is 2. The zero-order valence-corrected chi connectivity index (χ0v) is 18.9. The number of nitrogens with zero attached hydrogens (tertiary/aromatic N) is 4. The van der Waals surface area contributed by atoms with Gasteiger partial charge in [0.2, 0.25) is 0 Å². The van der Waals surface area contributed by atoms with Gasteiger partial charge in [0, 0.05) is 17.5 Å². The maximum absolute atomic E-state index is 12.8. The largest absolute Gasteiger partial charge is 0.309 e. The molecule has 0 aliphatic heterocycles. The average Bonchev–Trinajstić information content (AvgIpc) is 3.26. The summed E-state index contributed by atoms with van der Waals surface area (Å²) < 4.78 is 1.99. The Balaban J connectivity index is 1.40. The second-order valence-corrected chi connectivity index (χ2v) is 10.1. The Labute approximate surface area is 182 Å². The number of thiophene rings is 1. The molecule has 5 rings (SSSR count). The summed E-state index contributed by atoms with van der Waals surface area (Å²) in [6, 6.07) is 8.23. The summed E-state index contributed by atoms with van der Waals surface area (Å²) in [5, 5.41) is 10.3. The van der Waals surface area contributed by atoms with Crippen molar-refractivity contribution in [2.45, 2.75) is 44.0 Å². The highest BCUT2D eigenvalue weighted by atomic mass is 32.2. The molecular formula is C22H23N5OS2. The van der Waals surface area contributed by atoms with Crippen LogP contribution in [0.5, 0.6) is 0 Å². The van der Waals surface area contributed by atoms with Crippen LogP contribution in [0.3, 0.4) is 0 Å². The van der Waals surface area contributed by atoms with Crippen LogP contribution in [0.15, 0.2) is 34.2 Å². The van der Waals surface area contributed by atoms with E-state index in [9.17, 15) is 4.79 Å². The van der Waals surface area contributed by atoms with Gasteiger partial charge in [0.15, 0.2) is 11.0 Å². The highest BCUT2D eigenvalue weighted by Gasteiger charge is 2.23. The highest BCUT2D eigenvalue weighted by Crippen LogP contribution is 2.36. The van der Waals surface area contributed by atoms with E-state index in [1.807, 2.05) is 23.7 Å². The molecule has 6 nitrogen and oxygen atoms in total. The fourth-order valence-electron chi connectivity index (χ4n) is 4.07. The summed E-state index contributed by atoms with van der Waals surface area (Å²) in [6.07, 6.45) is 3.18. The SMILES string of the molecule is Cc1cccc(-c2nnc(SCc3nc4sc5c(c4c(=O)[nH]3)CC[C@@H](C)C5)n2C)c1. The van der Waals surface area contributed by atoms with E-state index in [4.69, 9.17) is 4.98 Å². The van der Waals surface area contributed by atoms with E-state index < -0.39 is 0 Å². The van der Waals surface area contributed by atoms with Gasteiger partial charge in [-0.1, -0.05) is 42.4 Å². The molecule has 0 spiro atoms. The van der Waals surface area contributed by atoms with E-state index in [0.717, 1.165) is 46.0 Å². The Bertz CT molecular complexity index is 1300. The van der Waals surface area contributed by atoms with Crippen LogP contribution in [-0.4, -0.2) is 24.7 Å². The van der Waals surface area contributed by atoms with Crippen LogP contribution in [0.4, 0.5) is 0 Å². The van der Waals surface area contributed by atoms with Crippen molar-refractivity contribution in [1.29, 1.82) is 0 Å². The summed E-state index contributed by atoms with van der Waals surface area (Å²) in [5.41, 5.74) is 3.44. The molecule has 154 valence electrons. The molecule has 0 bridgehead atoms. The van der Waals surface area contributed by atoms with Crippen LogP contribution in [-0.2, 0) is 25.6 Å². The first-order valence-corrected chi connectivity index (χ1v) is 11.9. The maximum atomic E-state index is 12.8. The smallest absolute Gasteiger partial charge is 0.259 e. The number of aromatic nitrogens is 5. The zero-order valence-electron chi connectivity index (χ0n) is 17.2. The number of fused-ring (bicyclic) bond motifs is 3. The van der Waals surface area contributed by atoms with Gasteiger partial charge in [0.05, 0.1) is 11.1 Å². The van der Waals surface area contributed by atoms with E-state index in [1.165, 1.54) is 27.8 Å². The van der Waals surface area contributed by atoms with Crippen LogP contribution < -0.4 is 5.56 Å². The van der Waals surface area contributed by atoms with Gasteiger partial charge in [-0.3, -0.25) is 4.79 Å². The van der Waals surface area contributed by atoms with Crippen molar-refractivity contribution in [3.63, 3.8) is 0 Å². The fraction of sp³-hybridized carbons (Fsp3) is 0.364. The molecule has 3 heterocycles. The monoisotopic (exact) mass is 437 g/mol. The molecule has 1 aliphatic carbocycles. The first-order valence-electron chi connectivity index (χ1n) is 10.1. The predicted octanol–water partition coefficient (Wildman–Crippen LogP) is 4.51. The van der Waals surface area contributed by atoms with Crippen molar-refractivity contribution in [2.24, 2.45) is 13.0 Å². The van der Waals surface area contributed by atoms with Crippen molar-refractivity contribution in [1.82, 2.24) is 24.7 Å². The lowest BCUT2D eigenvalue weighted by atomic mass is 9.89. The first-order chi connectivity index (χ1) is 14.5. The molecule has 0 radical (unpaired) electrons. The lowest BCUT2D eigenvalue weighted by Crippen LogP contribution is -2.14. The third kappa shape index (κ3) is 3.48. The summed E-state index contributed by atoms with van der Waals surface area (Å²) >= 11 is 3.22. The summed E-state index contributed by atoms with van der Waals surface area (Å²) in [4.78, 5) is 22.8. The van der Waals surface area contributed by atoms with E-state index in [1.54, 1.807) is 11.3 Å². The Kier molecular flexibility index (Phi) is 4.99.